The molecule has 0 N–H and O–H groups in total. The topological polar surface area (TPSA) is 55.8 Å². The van der Waals surface area contributed by atoms with Crippen molar-refractivity contribution >= 4 is 9.84 Å². The molecule has 2 aromatic rings. The summed E-state index contributed by atoms with van der Waals surface area (Å²) in [7, 11) is -3.50. The summed E-state index contributed by atoms with van der Waals surface area (Å²) < 4.78 is 38.0. The summed E-state index contributed by atoms with van der Waals surface area (Å²) in [6.07, 6.45) is 3.16. The molecule has 0 unspecified atom stereocenters. The predicted molar refractivity (Wildman–Crippen MR) is 109 cm³/mol. The molecule has 0 spiro atoms. The normalized spacial score (nSPS) is 23.8. The van der Waals surface area contributed by atoms with Crippen LogP contribution in [0.5, 0.6) is 11.5 Å². The Hall–Kier alpha value is -2.05. The third-order valence-electron chi connectivity index (χ3n) is 5.52. The van der Waals surface area contributed by atoms with Crippen molar-refractivity contribution in [2.45, 2.75) is 42.4 Å². The monoisotopic (exact) mass is 401 g/mol. The van der Waals surface area contributed by atoms with E-state index in [-0.39, 0.29) is 4.90 Å². The van der Waals surface area contributed by atoms with Crippen LogP contribution in [0.15, 0.2) is 53.4 Å². The number of hydrogen-bond acceptors (Lipinski definition) is 5. The summed E-state index contributed by atoms with van der Waals surface area (Å²) in [5.74, 6) is 1.21. The molecule has 150 valence electrons. The fourth-order valence-electron chi connectivity index (χ4n) is 4.12. The Balaban J connectivity index is 1.42. The quantitative estimate of drug-likeness (QED) is 0.688. The molecule has 2 aliphatic heterocycles. The highest BCUT2D eigenvalue weighted by atomic mass is 32.2. The molecule has 0 bridgehead atoms. The van der Waals surface area contributed by atoms with E-state index in [0.29, 0.717) is 12.4 Å². The number of rotatable bonds is 6. The van der Waals surface area contributed by atoms with E-state index >= 15 is 0 Å². The minimum Gasteiger partial charge on any atom is -0.494 e. The van der Waals surface area contributed by atoms with Gasteiger partial charge in [-0.2, -0.15) is 0 Å². The lowest BCUT2D eigenvalue weighted by Crippen LogP contribution is -2.33. The molecule has 1 saturated heterocycles. The third-order valence-corrected chi connectivity index (χ3v) is 7.80. The van der Waals surface area contributed by atoms with Crippen molar-refractivity contribution in [2.24, 2.45) is 0 Å². The Morgan fingerprint density at radius 1 is 1.07 bits per heavy atom. The minimum absolute atomic E-state index is 0.264. The molecule has 2 heterocycles. The smallest absolute Gasteiger partial charge is 0.192 e. The Labute approximate surface area is 167 Å². The molecule has 0 aliphatic carbocycles. The Morgan fingerprint density at radius 2 is 1.79 bits per heavy atom. The van der Waals surface area contributed by atoms with Crippen molar-refractivity contribution < 1.29 is 17.9 Å². The lowest BCUT2D eigenvalue weighted by atomic mass is 10.1. The average molecular weight is 402 g/mol. The maximum Gasteiger partial charge on any atom is 0.192 e. The number of nitrogens with zero attached hydrogens (tertiary/aromatic N) is 1. The van der Waals surface area contributed by atoms with Crippen LogP contribution in [0.4, 0.5) is 0 Å². The Kier molecular flexibility index (Phi) is 5.60. The highest BCUT2D eigenvalue weighted by Crippen LogP contribution is 2.42. The number of ether oxygens (including phenoxy) is 2. The van der Waals surface area contributed by atoms with E-state index in [0.717, 1.165) is 24.3 Å². The molecule has 0 amide bonds. The molecular formula is C22H27NO4S. The molecule has 2 aliphatic rings. The summed E-state index contributed by atoms with van der Waals surface area (Å²) in [5.41, 5.74) is 0.728. The summed E-state index contributed by atoms with van der Waals surface area (Å²) in [4.78, 5) is 2.74. The van der Waals surface area contributed by atoms with Gasteiger partial charge in [0.25, 0.3) is 0 Å². The lowest BCUT2D eigenvalue weighted by Gasteiger charge is -2.31. The minimum atomic E-state index is -3.50. The molecule has 0 radical (unpaired) electrons. The van der Waals surface area contributed by atoms with Crippen molar-refractivity contribution in [3.63, 3.8) is 0 Å². The van der Waals surface area contributed by atoms with Gasteiger partial charge in [0.15, 0.2) is 9.84 Å². The van der Waals surface area contributed by atoms with Crippen LogP contribution < -0.4 is 9.47 Å². The van der Waals surface area contributed by atoms with Gasteiger partial charge < -0.3 is 14.4 Å². The molecule has 0 aromatic heterocycles. The third kappa shape index (κ3) is 3.89. The van der Waals surface area contributed by atoms with Gasteiger partial charge in [0.05, 0.1) is 6.61 Å². The van der Waals surface area contributed by atoms with Gasteiger partial charge in [0, 0.05) is 6.54 Å². The molecule has 6 heteroatoms. The summed E-state index contributed by atoms with van der Waals surface area (Å²) in [6, 6.07) is 14.2. The SMILES string of the molecule is C[C@H]1Oc2ccccc2S(=O)(=O)[C@H]1c1ccc(OCCCN2CCCC2)cc1. The van der Waals surface area contributed by atoms with Crippen molar-refractivity contribution in [1.82, 2.24) is 4.90 Å². The van der Waals surface area contributed by atoms with Crippen LogP contribution in [0.3, 0.4) is 0 Å². The first-order valence-electron chi connectivity index (χ1n) is 10.0. The second-order valence-electron chi connectivity index (χ2n) is 7.56. The Morgan fingerprint density at radius 3 is 2.54 bits per heavy atom. The lowest BCUT2D eigenvalue weighted by molar-refractivity contribution is 0.199. The van der Waals surface area contributed by atoms with Crippen molar-refractivity contribution in [2.75, 3.05) is 26.2 Å². The van der Waals surface area contributed by atoms with Gasteiger partial charge in [-0.05, 0) is 69.1 Å². The first-order valence-corrected chi connectivity index (χ1v) is 11.5. The molecule has 2 aromatic carbocycles. The van der Waals surface area contributed by atoms with Crippen LogP contribution in [-0.4, -0.2) is 45.7 Å². The van der Waals surface area contributed by atoms with Crippen LogP contribution in [0.2, 0.25) is 0 Å². The highest BCUT2D eigenvalue weighted by molar-refractivity contribution is 7.92. The maximum absolute atomic E-state index is 13.1. The number of likely N-dealkylation sites (tertiary alicyclic amines) is 1. The van der Waals surface area contributed by atoms with Gasteiger partial charge in [-0.25, -0.2) is 8.42 Å². The predicted octanol–water partition coefficient (Wildman–Crippen LogP) is 3.85. The fourth-order valence-corrected chi connectivity index (χ4v) is 6.14. The zero-order valence-electron chi connectivity index (χ0n) is 16.2. The average Bonchev–Trinajstić information content (AvgIpc) is 3.19. The van der Waals surface area contributed by atoms with Crippen molar-refractivity contribution in [1.29, 1.82) is 0 Å². The van der Waals surface area contributed by atoms with E-state index in [2.05, 4.69) is 4.90 Å². The first-order chi connectivity index (χ1) is 13.6. The van der Waals surface area contributed by atoms with E-state index < -0.39 is 21.2 Å². The molecule has 28 heavy (non-hydrogen) atoms. The molecule has 1 fully saturated rings. The summed E-state index contributed by atoms with van der Waals surface area (Å²) >= 11 is 0. The van der Waals surface area contributed by atoms with Crippen molar-refractivity contribution in [3.05, 3.63) is 54.1 Å². The van der Waals surface area contributed by atoms with E-state index in [1.54, 1.807) is 31.2 Å². The van der Waals surface area contributed by atoms with Gasteiger partial charge in [0.1, 0.15) is 27.7 Å². The number of benzene rings is 2. The molecule has 4 rings (SSSR count). The van der Waals surface area contributed by atoms with Crippen LogP contribution in [0.1, 0.15) is 37.0 Å². The second-order valence-corrected chi connectivity index (χ2v) is 9.59. The van der Waals surface area contributed by atoms with Crippen LogP contribution in [0.25, 0.3) is 0 Å². The van der Waals surface area contributed by atoms with E-state index in [9.17, 15) is 8.42 Å². The van der Waals surface area contributed by atoms with Gasteiger partial charge in [0.2, 0.25) is 0 Å². The molecular weight excluding hydrogens is 374 g/mol. The number of sulfone groups is 1. The van der Waals surface area contributed by atoms with Crippen LogP contribution in [-0.2, 0) is 9.84 Å². The molecule has 5 nitrogen and oxygen atoms in total. The van der Waals surface area contributed by atoms with Gasteiger partial charge in [-0.15, -0.1) is 0 Å². The van der Waals surface area contributed by atoms with Crippen LogP contribution >= 0.6 is 0 Å². The van der Waals surface area contributed by atoms with Crippen LogP contribution in [0, 0.1) is 0 Å². The summed E-state index contributed by atoms with van der Waals surface area (Å²) in [6.45, 7) is 5.96. The molecule has 2 atom stereocenters. The summed E-state index contributed by atoms with van der Waals surface area (Å²) in [5, 5.41) is -0.716. The maximum atomic E-state index is 13.1. The van der Waals surface area contributed by atoms with Crippen molar-refractivity contribution in [3.8, 4) is 11.5 Å². The van der Waals surface area contributed by atoms with Gasteiger partial charge >= 0.3 is 0 Å². The number of para-hydroxylation sites is 1. The first kappa shape index (κ1) is 19.3. The number of fused-ring (bicyclic) bond motifs is 1. The van der Waals surface area contributed by atoms with E-state index in [4.69, 9.17) is 9.47 Å². The molecule has 0 saturated carbocycles. The standard InChI is InChI=1S/C22H27NO4S/c1-17-22(28(24,25)21-8-3-2-7-20(21)27-17)18-9-11-19(12-10-18)26-16-6-15-23-13-4-5-14-23/h2-3,7-12,17,22H,4-6,13-16H2,1H3/t17-,22-/m1/s1. The Bertz CT molecular complexity index is 904. The largest absolute Gasteiger partial charge is 0.494 e. The zero-order chi connectivity index (χ0) is 19.6. The zero-order valence-corrected chi connectivity index (χ0v) is 17.0. The number of hydrogen-bond donors (Lipinski definition) is 0. The van der Waals surface area contributed by atoms with Gasteiger partial charge in [-0.1, -0.05) is 24.3 Å². The van der Waals surface area contributed by atoms with E-state index in [1.807, 2.05) is 24.3 Å². The second kappa shape index (κ2) is 8.13. The highest BCUT2D eigenvalue weighted by Gasteiger charge is 2.41. The van der Waals surface area contributed by atoms with Gasteiger partial charge in [-0.3, -0.25) is 0 Å². The van der Waals surface area contributed by atoms with E-state index in [1.165, 1.54) is 25.9 Å². The fraction of sp³-hybridized carbons (Fsp3) is 0.455.